The van der Waals surface area contributed by atoms with E-state index in [9.17, 15) is 19.5 Å². The van der Waals surface area contributed by atoms with E-state index in [1.54, 1.807) is 6.92 Å². The van der Waals surface area contributed by atoms with Crippen LogP contribution in [0.1, 0.15) is 43.0 Å². The molecule has 0 bridgehead atoms. The van der Waals surface area contributed by atoms with Crippen LogP contribution in [0.2, 0.25) is 0 Å². The van der Waals surface area contributed by atoms with Crippen molar-refractivity contribution < 1.29 is 35.2 Å². The summed E-state index contributed by atoms with van der Waals surface area (Å²) < 4.78 is 0. The van der Waals surface area contributed by atoms with Crippen LogP contribution in [0, 0.1) is 6.92 Å². The van der Waals surface area contributed by atoms with E-state index in [2.05, 4.69) is 0 Å². The normalized spacial score (nSPS) is 11.5. The minimum atomic E-state index is -1.12. The first-order chi connectivity index (χ1) is 14.8. The number of aliphatic carboxylic acids is 1. The lowest BCUT2D eigenvalue weighted by molar-refractivity contribution is -0.132. The Morgan fingerprint density at radius 2 is 1.38 bits per heavy atom. The van der Waals surface area contributed by atoms with Crippen molar-refractivity contribution in [3.63, 3.8) is 0 Å². The number of rotatable bonds is 4. The van der Waals surface area contributed by atoms with Gasteiger partial charge < -0.3 is 20.8 Å². The van der Waals surface area contributed by atoms with Gasteiger partial charge in [0.2, 0.25) is 0 Å². The number of carbonyl (C=O) groups is 3. The first-order valence-electron chi connectivity index (χ1n) is 9.47. The van der Waals surface area contributed by atoms with Gasteiger partial charge in [0.15, 0.2) is 0 Å². The Morgan fingerprint density at radius 1 is 0.750 bits per heavy atom. The molecule has 7 heteroatoms. The van der Waals surface area contributed by atoms with Crippen LogP contribution in [0.15, 0.2) is 78.4 Å². The largest absolute Gasteiger partial charge is 0.478 e. The van der Waals surface area contributed by atoms with Crippen LogP contribution in [-0.2, 0) is 11.2 Å². The lowest BCUT2D eigenvalue weighted by Gasteiger charge is -2.06. The number of benzene rings is 3. The van der Waals surface area contributed by atoms with Gasteiger partial charge in [-0.1, -0.05) is 60.7 Å². The second-order valence-electron chi connectivity index (χ2n) is 7.00. The molecule has 32 heavy (non-hydrogen) atoms. The van der Waals surface area contributed by atoms with E-state index in [1.807, 2.05) is 54.6 Å². The zero-order chi connectivity index (χ0) is 22.5. The van der Waals surface area contributed by atoms with Crippen LogP contribution in [0.3, 0.4) is 0 Å². The molecule has 5 N–H and O–H groups in total. The summed E-state index contributed by atoms with van der Waals surface area (Å²) in [5.74, 6) is -3.06. The second-order valence-corrected chi connectivity index (χ2v) is 7.00. The molecule has 7 nitrogen and oxygen atoms in total. The molecule has 0 fully saturated rings. The van der Waals surface area contributed by atoms with Gasteiger partial charge in [-0.2, -0.15) is 0 Å². The summed E-state index contributed by atoms with van der Waals surface area (Å²) in [7, 11) is 0. The van der Waals surface area contributed by atoms with E-state index < -0.39 is 17.9 Å². The van der Waals surface area contributed by atoms with Gasteiger partial charge in [0.1, 0.15) is 0 Å². The lowest BCUT2D eigenvalue weighted by Crippen LogP contribution is -2.03. The van der Waals surface area contributed by atoms with Crippen molar-refractivity contribution in [2.24, 2.45) is 0 Å². The summed E-state index contributed by atoms with van der Waals surface area (Å²) >= 11 is 0. The summed E-state index contributed by atoms with van der Waals surface area (Å²) in [6.45, 7) is 1.62. The van der Waals surface area contributed by atoms with Crippen LogP contribution in [0.4, 0.5) is 0 Å². The maximum absolute atomic E-state index is 11.4. The third-order valence-electron chi connectivity index (χ3n) is 4.99. The van der Waals surface area contributed by atoms with E-state index >= 15 is 0 Å². The second kappa shape index (κ2) is 10.2. The minimum Gasteiger partial charge on any atom is -0.478 e. The highest BCUT2D eigenvalue weighted by Gasteiger charge is 2.26. The van der Waals surface area contributed by atoms with Crippen molar-refractivity contribution in [2.45, 2.75) is 13.3 Å². The highest BCUT2D eigenvalue weighted by atomic mass is 16.4. The Morgan fingerprint density at radius 3 is 1.97 bits per heavy atom. The Balaban J connectivity index is 0.000000232. The van der Waals surface area contributed by atoms with E-state index in [0.717, 1.165) is 28.3 Å². The Hall–Kier alpha value is -4.23. The number of hydrogen-bond acceptors (Lipinski definition) is 3. The van der Waals surface area contributed by atoms with Crippen molar-refractivity contribution >= 4 is 23.5 Å². The zero-order valence-electron chi connectivity index (χ0n) is 17.2. The fraction of sp³-hybridized carbons (Fsp3) is 0.0800. The molecule has 0 amide bonds. The predicted octanol–water partition coefficient (Wildman–Crippen LogP) is 3.70. The van der Waals surface area contributed by atoms with Gasteiger partial charge >= 0.3 is 17.9 Å². The zero-order valence-corrected chi connectivity index (χ0v) is 17.2. The maximum Gasteiger partial charge on any atom is 0.335 e. The Kier molecular flexibility index (Phi) is 7.66. The number of fused-ring (bicyclic) bond motifs is 1. The van der Waals surface area contributed by atoms with Crippen LogP contribution in [0.5, 0.6) is 0 Å². The molecule has 0 saturated heterocycles. The first-order valence-corrected chi connectivity index (χ1v) is 9.47. The summed E-state index contributed by atoms with van der Waals surface area (Å²) in [4.78, 5) is 32.5. The number of hydrogen-bond donors (Lipinski definition) is 3. The first kappa shape index (κ1) is 24.0. The highest BCUT2D eigenvalue weighted by Crippen LogP contribution is 2.37. The molecule has 4 rings (SSSR count). The summed E-state index contributed by atoms with van der Waals surface area (Å²) in [5, 5.41) is 26.6. The molecule has 0 saturated carbocycles. The van der Waals surface area contributed by atoms with Crippen LogP contribution in [0.25, 0.3) is 5.57 Å². The minimum absolute atomic E-state index is 0. The van der Waals surface area contributed by atoms with Gasteiger partial charge in [-0.25, -0.2) is 14.4 Å². The molecular weight excluding hydrogens is 412 g/mol. The van der Waals surface area contributed by atoms with E-state index in [1.165, 1.54) is 12.1 Å². The Labute approximate surface area is 184 Å². The van der Waals surface area contributed by atoms with E-state index in [0.29, 0.717) is 17.6 Å². The van der Waals surface area contributed by atoms with Crippen LogP contribution < -0.4 is 0 Å². The maximum atomic E-state index is 11.4. The standard InChI is InChI=1S/C16H12O2.C9H8O4.H2O/c17-16(18)14-10-12-8-4-5-9-13(12)15(14)11-6-2-1-3-7-11;1-5-2-3-6(8(10)11)4-7(5)9(12)13;/h1-9H,10H2,(H,17,18);2-4H,1H3,(H,10,11)(H,12,13);1H2. The van der Waals surface area contributed by atoms with E-state index in [-0.39, 0.29) is 16.6 Å². The lowest BCUT2D eigenvalue weighted by atomic mass is 9.98. The molecule has 0 aromatic heterocycles. The molecular formula is C25H22O7. The van der Waals surface area contributed by atoms with Gasteiger partial charge in [0, 0.05) is 12.0 Å². The van der Waals surface area contributed by atoms with Gasteiger partial charge in [-0.15, -0.1) is 0 Å². The van der Waals surface area contributed by atoms with Crippen molar-refractivity contribution in [2.75, 3.05) is 0 Å². The fourth-order valence-electron chi connectivity index (χ4n) is 3.46. The van der Waals surface area contributed by atoms with Gasteiger partial charge in [0.25, 0.3) is 0 Å². The van der Waals surface area contributed by atoms with Crippen LogP contribution >= 0.6 is 0 Å². The molecule has 3 aromatic rings. The third-order valence-corrected chi connectivity index (χ3v) is 4.99. The molecule has 164 valence electrons. The quantitative estimate of drug-likeness (QED) is 0.571. The molecule has 0 unspecified atom stereocenters. The third kappa shape index (κ3) is 5.08. The molecule has 0 heterocycles. The summed E-state index contributed by atoms with van der Waals surface area (Å²) in [6, 6.07) is 21.6. The summed E-state index contributed by atoms with van der Waals surface area (Å²) in [5.41, 5.74) is 5.02. The van der Waals surface area contributed by atoms with Crippen molar-refractivity contribution in [3.05, 3.63) is 112 Å². The number of carboxylic acid groups (broad SMARTS) is 3. The van der Waals surface area contributed by atoms with Gasteiger partial charge in [-0.05, 0) is 46.9 Å². The molecule has 3 aromatic carbocycles. The fourth-order valence-corrected chi connectivity index (χ4v) is 3.46. The molecule has 0 atom stereocenters. The Bertz CT molecular complexity index is 1190. The number of aromatic carboxylic acids is 2. The molecule has 0 aliphatic heterocycles. The van der Waals surface area contributed by atoms with E-state index in [4.69, 9.17) is 10.2 Å². The molecule has 1 aliphatic rings. The average Bonchev–Trinajstić information content (AvgIpc) is 3.15. The smallest absolute Gasteiger partial charge is 0.335 e. The molecule has 0 spiro atoms. The van der Waals surface area contributed by atoms with Gasteiger partial charge in [-0.3, -0.25) is 0 Å². The highest BCUT2D eigenvalue weighted by molar-refractivity contribution is 6.04. The average molecular weight is 434 g/mol. The van der Waals surface area contributed by atoms with Crippen LogP contribution in [-0.4, -0.2) is 38.7 Å². The molecule has 0 radical (unpaired) electrons. The molecule has 1 aliphatic carbocycles. The topological polar surface area (TPSA) is 143 Å². The number of aryl methyl sites for hydroxylation is 1. The monoisotopic (exact) mass is 434 g/mol. The SMILES string of the molecule is Cc1ccc(C(=O)O)cc1C(=O)O.O.O=C(O)C1=C(c2ccccc2)c2ccccc2C1. The summed E-state index contributed by atoms with van der Waals surface area (Å²) in [6.07, 6.45) is 0.510. The predicted molar refractivity (Wildman–Crippen MR) is 119 cm³/mol. The van der Waals surface area contributed by atoms with Gasteiger partial charge in [0.05, 0.1) is 11.1 Å². The van der Waals surface area contributed by atoms with Crippen molar-refractivity contribution in [3.8, 4) is 0 Å². The van der Waals surface area contributed by atoms with Crippen molar-refractivity contribution in [1.29, 1.82) is 0 Å². The van der Waals surface area contributed by atoms with Crippen molar-refractivity contribution in [1.82, 2.24) is 0 Å². The number of carboxylic acids is 3.